The molecule has 0 bridgehead atoms. The predicted molar refractivity (Wildman–Crippen MR) is 70.1 cm³/mol. The first-order chi connectivity index (χ1) is 8.67. The average Bonchev–Trinajstić information content (AvgIpc) is 2.92. The van der Waals surface area contributed by atoms with Crippen LogP contribution in [-0.2, 0) is 0 Å². The molecule has 1 aromatic rings. The SMILES string of the molecule is COc1cc([C@H](N)C2CCCC2)cc(OC)c1O. The molecule has 1 aliphatic carbocycles. The monoisotopic (exact) mass is 251 g/mol. The van der Waals surface area contributed by atoms with Crippen LogP contribution in [0, 0.1) is 5.92 Å². The van der Waals surface area contributed by atoms with Crippen LogP contribution in [0.4, 0.5) is 0 Å². The molecular formula is C14H21NO3. The number of ether oxygens (including phenoxy) is 2. The third-order valence-electron chi connectivity index (χ3n) is 3.79. The number of nitrogens with two attached hydrogens (primary N) is 1. The van der Waals surface area contributed by atoms with E-state index >= 15 is 0 Å². The molecule has 2 rings (SSSR count). The number of aromatic hydroxyl groups is 1. The molecule has 0 radical (unpaired) electrons. The highest BCUT2D eigenvalue weighted by Gasteiger charge is 2.25. The van der Waals surface area contributed by atoms with Gasteiger partial charge in [0, 0.05) is 6.04 Å². The zero-order valence-corrected chi connectivity index (χ0v) is 11.0. The van der Waals surface area contributed by atoms with E-state index in [1.807, 2.05) is 0 Å². The van der Waals surface area contributed by atoms with Crippen molar-refractivity contribution in [2.45, 2.75) is 31.7 Å². The van der Waals surface area contributed by atoms with Crippen molar-refractivity contribution in [1.29, 1.82) is 0 Å². The van der Waals surface area contributed by atoms with Gasteiger partial charge in [0.1, 0.15) is 0 Å². The van der Waals surface area contributed by atoms with Crippen LogP contribution in [0.2, 0.25) is 0 Å². The first-order valence-electron chi connectivity index (χ1n) is 6.37. The molecule has 0 heterocycles. The second-order valence-corrected chi connectivity index (χ2v) is 4.84. The van der Waals surface area contributed by atoms with E-state index in [4.69, 9.17) is 15.2 Å². The first-order valence-corrected chi connectivity index (χ1v) is 6.37. The summed E-state index contributed by atoms with van der Waals surface area (Å²) in [5, 5.41) is 9.87. The van der Waals surface area contributed by atoms with Crippen LogP contribution in [0.3, 0.4) is 0 Å². The van der Waals surface area contributed by atoms with Gasteiger partial charge >= 0.3 is 0 Å². The fourth-order valence-corrected chi connectivity index (χ4v) is 2.69. The molecule has 0 amide bonds. The van der Waals surface area contributed by atoms with Gasteiger partial charge in [-0.25, -0.2) is 0 Å². The highest BCUT2D eigenvalue weighted by Crippen LogP contribution is 2.41. The molecule has 0 aliphatic heterocycles. The summed E-state index contributed by atoms with van der Waals surface area (Å²) >= 11 is 0. The molecule has 4 heteroatoms. The van der Waals surface area contributed by atoms with Crippen molar-refractivity contribution in [3.05, 3.63) is 17.7 Å². The number of rotatable bonds is 4. The van der Waals surface area contributed by atoms with E-state index < -0.39 is 0 Å². The van der Waals surface area contributed by atoms with Gasteiger partial charge in [0.25, 0.3) is 0 Å². The van der Waals surface area contributed by atoms with Crippen LogP contribution in [0.15, 0.2) is 12.1 Å². The van der Waals surface area contributed by atoms with Gasteiger partial charge in [0.05, 0.1) is 14.2 Å². The van der Waals surface area contributed by atoms with Gasteiger partial charge in [-0.2, -0.15) is 0 Å². The number of methoxy groups -OCH3 is 2. The van der Waals surface area contributed by atoms with Gasteiger partial charge in [-0.05, 0) is 36.5 Å². The van der Waals surface area contributed by atoms with Gasteiger partial charge in [0.2, 0.25) is 5.75 Å². The van der Waals surface area contributed by atoms with Crippen LogP contribution in [-0.4, -0.2) is 19.3 Å². The van der Waals surface area contributed by atoms with E-state index in [0.29, 0.717) is 17.4 Å². The fourth-order valence-electron chi connectivity index (χ4n) is 2.69. The van der Waals surface area contributed by atoms with Crippen LogP contribution in [0.25, 0.3) is 0 Å². The normalized spacial score (nSPS) is 17.7. The summed E-state index contributed by atoms with van der Waals surface area (Å²) in [6, 6.07) is 3.60. The summed E-state index contributed by atoms with van der Waals surface area (Å²) in [6.07, 6.45) is 4.86. The Balaban J connectivity index is 2.31. The minimum atomic E-state index is -0.0177. The highest BCUT2D eigenvalue weighted by atomic mass is 16.5. The van der Waals surface area contributed by atoms with Crippen LogP contribution in [0.1, 0.15) is 37.3 Å². The number of phenolic OH excluding ortho intramolecular Hbond substituents is 1. The standard InChI is InChI=1S/C14H21NO3/c1-17-11-7-10(8-12(18-2)14(11)16)13(15)9-5-3-4-6-9/h7-9,13,16H,3-6,15H2,1-2H3/t13-/m1/s1. The molecular weight excluding hydrogens is 230 g/mol. The van der Waals surface area contributed by atoms with Crippen molar-refractivity contribution >= 4 is 0 Å². The van der Waals surface area contributed by atoms with E-state index in [1.165, 1.54) is 39.9 Å². The van der Waals surface area contributed by atoms with Crippen LogP contribution in [0.5, 0.6) is 17.2 Å². The molecule has 0 aromatic heterocycles. The van der Waals surface area contributed by atoms with E-state index in [9.17, 15) is 5.11 Å². The van der Waals surface area contributed by atoms with Gasteiger partial charge in [-0.3, -0.25) is 0 Å². The Morgan fingerprint density at radius 2 is 1.67 bits per heavy atom. The summed E-state index contributed by atoms with van der Waals surface area (Å²) in [4.78, 5) is 0. The smallest absolute Gasteiger partial charge is 0.200 e. The Morgan fingerprint density at radius 1 is 1.17 bits per heavy atom. The van der Waals surface area contributed by atoms with Crippen LogP contribution < -0.4 is 15.2 Å². The van der Waals surface area contributed by atoms with Gasteiger partial charge < -0.3 is 20.3 Å². The minimum absolute atomic E-state index is 0.0177. The summed E-state index contributed by atoms with van der Waals surface area (Å²) in [5.74, 6) is 1.38. The summed E-state index contributed by atoms with van der Waals surface area (Å²) in [5.41, 5.74) is 7.27. The molecule has 1 aromatic carbocycles. The Morgan fingerprint density at radius 3 is 2.11 bits per heavy atom. The van der Waals surface area contributed by atoms with E-state index in [1.54, 1.807) is 12.1 Å². The van der Waals surface area contributed by atoms with Crippen molar-refractivity contribution in [2.75, 3.05) is 14.2 Å². The molecule has 18 heavy (non-hydrogen) atoms. The lowest BCUT2D eigenvalue weighted by molar-refractivity contribution is 0.337. The average molecular weight is 251 g/mol. The lowest BCUT2D eigenvalue weighted by Crippen LogP contribution is -2.19. The number of phenols is 1. The third-order valence-corrected chi connectivity index (χ3v) is 3.79. The van der Waals surface area contributed by atoms with Crippen molar-refractivity contribution in [1.82, 2.24) is 0 Å². The lowest BCUT2D eigenvalue weighted by Gasteiger charge is -2.21. The second kappa shape index (κ2) is 5.48. The summed E-state index contributed by atoms with van der Waals surface area (Å²) < 4.78 is 10.3. The Labute approximate surface area is 108 Å². The Bertz CT molecular complexity index is 388. The zero-order valence-electron chi connectivity index (χ0n) is 11.0. The molecule has 1 atom stereocenters. The maximum Gasteiger partial charge on any atom is 0.200 e. The van der Waals surface area contributed by atoms with Gasteiger partial charge in [-0.1, -0.05) is 12.8 Å². The molecule has 4 nitrogen and oxygen atoms in total. The van der Waals surface area contributed by atoms with E-state index in [0.717, 1.165) is 5.56 Å². The Hall–Kier alpha value is -1.42. The molecule has 0 spiro atoms. The topological polar surface area (TPSA) is 64.7 Å². The van der Waals surface area contributed by atoms with E-state index in [-0.39, 0.29) is 11.8 Å². The van der Waals surface area contributed by atoms with Gasteiger partial charge in [-0.15, -0.1) is 0 Å². The largest absolute Gasteiger partial charge is 0.502 e. The Kier molecular flexibility index (Phi) is 3.97. The van der Waals surface area contributed by atoms with Crippen molar-refractivity contribution in [3.8, 4) is 17.2 Å². The fraction of sp³-hybridized carbons (Fsp3) is 0.571. The molecule has 0 saturated heterocycles. The number of hydrogen-bond donors (Lipinski definition) is 2. The van der Waals surface area contributed by atoms with Crippen molar-refractivity contribution in [2.24, 2.45) is 11.7 Å². The molecule has 1 aliphatic rings. The quantitative estimate of drug-likeness (QED) is 0.863. The molecule has 100 valence electrons. The van der Waals surface area contributed by atoms with Crippen molar-refractivity contribution in [3.63, 3.8) is 0 Å². The van der Waals surface area contributed by atoms with Crippen molar-refractivity contribution < 1.29 is 14.6 Å². The van der Waals surface area contributed by atoms with Gasteiger partial charge in [0.15, 0.2) is 11.5 Å². The summed E-state index contributed by atoms with van der Waals surface area (Å²) in [6.45, 7) is 0. The molecule has 0 unspecified atom stereocenters. The number of hydrogen-bond acceptors (Lipinski definition) is 4. The molecule has 1 saturated carbocycles. The third kappa shape index (κ3) is 2.38. The maximum absolute atomic E-state index is 9.87. The van der Waals surface area contributed by atoms with Crippen LogP contribution >= 0.6 is 0 Å². The minimum Gasteiger partial charge on any atom is -0.502 e. The van der Waals surface area contributed by atoms with E-state index in [2.05, 4.69) is 0 Å². The second-order valence-electron chi connectivity index (χ2n) is 4.84. The number of benzene rings is 1. The molecule has 3 N–H and O–H groups in total. The zero-order chi connectivity index (χ0) is 13.1. The summed E-state index contributed by atoms with van der Waals surface area (Å²) in [7, 11) is 3.05. The first kappa shape index (κ1) is 13.0. The highest BCUT2D eigenvalue weighted by molar-refractivity contribution is 5.53. The predicted octanol–water partition coefficient (Wildman–Crippen LogP) is 2.60. The lowest BCUT2D eigenvalue weighted by atomic mass is 9.92. The molecule has 1 fully saturated rings. The maximum atomic E-state index is 9.87.